The van der Waals surface area contributed by atoms with E-state index >= 15 is 0 Å². The lowest BCUT2D eigenvalue weighted by atomic mass is 9.74. The molecule has 0 aromatic rings. The molecular weight excluding hydrogens is 266 g/mol. The molecule has 0 bridgehead atoms. The molecule has 122 valence electrons. The molecule has 1 spiro atoms. The monoisotopic (exact) mass is 297 g/mol. The van der Waals surface area contributed by atoms with Crippen molar-refractivity contribution >= 4 is 0 Å². The highest BCUT2D eigenvalue weighted by Gasteiger charge is 2.43. The first-order valence-corrected chi connectivity index (χ1v) is 8.86. The zero-order valence-electron chi connectivity index (χ0n) is 13.4. The normalized spacial score (nSPS) is 34.1. The van der Waals surface area contributed by atoms with E-state index in [4.69, 9.17) is 14.2 Å². The van der Waals surface area contributed by atoms with Crippen LogP contribution >= 0.6 is 0 Å². The molecule has 1 N–H and O–H groups in total. The molecule has 0 aliphatic carbocycles. The van der Waals surface area contributed by atoms with Crippen LogP contribution in [0.2, 0.25) is 0 Å². The third-order valence-electron chi connectivity index (χ3n) is 5.55. The van der Waals surface area contributed by atoms with Gasteiger partial charge < -0.3 is 19.5 Å². The van der Waals surface area contributed by atoms with Crippen LogP contribution in [0.5, 0.6) is 0 Å². The summed E-state index contributed by atoms with van der Waals surface area (Å²) in [5.41, 5.74) is 0.104. The molecular formula is C17H31NO3. The van der Waals surface area contributed by atoms with Gasteiger partial charge in [0.15, 0.2) is 0 Å². The van der Waals surface area contributed by atoms with Crippen LogP contribution in [0.25, 0.3) is 0 Å². The van der Waals surface area contributed by atoms with Crippen LogP contribution in [0.4, 0.5) is 0 Å². The largest absolute Gasteiger partial charge is 0.381 e. The molecule has 3 unspecified atom stereocenters. The first-order valence-electron chi connectivity index (χ1n) is 8.86. The molecule has 0 aromatic heterocycles. The first-order chi connectivity index (χ1) is 10.3. The van der Waals surface area contributed by atoms with Crippen molar-refractivity contribution in [2.45, 2.75) is 57.1 Å². The zero-order chi connectivity index (χ0) is 14.5. The molecule has 21 heavy (non-hydrogen) atoms. The van der Waals surface area contributed by atoms with E-state index in [1.54, 1.807) is 0 Å². The van der Waals surface area contributed by atoms with Gasteiger partial charge in [-0.2, -0.15) is 0 Å². The van der Waals surface area contributed by atoms with Crippen LogP contribution in [0.15, 0.2) is 0 Å². The predicted octanol–water partition coefficient (Wildman–Crippen LogP) is 2.37. The quantitative estimate of drug-likeness (QED) is 0.846. The minimum atomic E-state index is 0.104. The molecule has 0 amide bonds. The van der Waals surface area contributed by atoms with Crippen molar-refractivity contribution in [3.05, 3.63) is 0 Å². The Kier molecular flexibility index (Phi) is 5.54. The summed E-state index contributed by atoms with van der Waals surface area (Å²) in [4.78, 5) is 0. The van der Waals surface area contributed by atoms with Gasteiger partial charge in [-0.25, -0.2) is 0 Å². The summed E-state index contributed by atoms with van der Waals surface area (Å²) in [5, 5.41) is 3.84. The van der Waals surface area contributed by atoms with Gasteiger partial charge in [0, 0.05) is 38.4 Å². The summed E-state index contributed by atoms with van der Waals surface area (Å²) >= 11 is 0. The van der Waals surface area contributed by atoms with Crippen LogP contribution < -0.4 is 5.32 Å². The minimum absolute atomic E-state index is 0.104. The summed E-state index contributed by atoms with van der Waals surface area (Å²) < 4.78 is 17.4. The van der Waals surface area contributed by atoms with E-state index in [2.05, 4.69) is 12.2 Å². The second-order valence-corrected chi connectivity index (χ2v) is 7.00. The highest BCUT2D eigenvalue weighted by atomic mass is 16.5. The van der Waals surface area contributed by atoms with Gasteiger partial charge in [0.1, 0.15) is 0 Å². The van der Waals surface area contributed by atoms with Crippen molar-refractivity contribution in [2.24, 2.45) is 11.8 Å². The number of rotatable bonds is 5. The van der Waals surface area contributed by atoms with Crippen molar-refractivity contribution in [2.75, 3.05) is 39.6 Å². The van der Waals surface area contributed by atoms with Crippen molar-refractivity contribution in [1.82, 2.24) is 5.32 Å². The van der Waals surface area contributed by atoms with Crippen molar-refractivity contribution in [1.29, 1.82) is 0 Å². The molecule has 0 aromatic carbocycles. The van der Waals surface area contributed by atoms with E-state index in [0.29, 0.717) is 12.0 Å². The summed E-state index contributed by atoms with van der Waals surface area (Å²) in [6.45, 7) is 7.90. The van der Waals surface area contributed by atoms with Gasteiger partial charge in [-0.15, -0.1) is 0 Å². The molecule has 3 aliphatic heterocycles. The zero-order valence-corrected chi connectivity index (χ0v) is 13.4. The topological polar surface area (TPSA) is 39.7 Å². The molecule has 3 rings (SSSR count). The Morgan fingerprint density at radius 2 is 1.86 bits per heavy atom. The number of hydrogen-bond donors (Lipinski definition) is 1. The number of nitrogens with one attached hydrogen (secondary N) is 1. The second kappa shape index (κ2) is 7.40. The van der Waals surface area contributed by atoms with Crippen molar-refractivity contribution in [3.8, 4) is 0 Å². The highest BCUT2D eigenvalue weighted by Crippen LogP contribution is 2.40. The summed E-state index contributed by atoms with van der Waals surface area (Å²) in [7, 11) is 0. The van der Waals surface area contributed by atoms with Crippen LogP contribution in [-0.2, 0) is 14.2 Å². The maximum absolute atomic E-state index is 6.21. The lowest BCUT2D eigenvalue weighted by Gasteiger charge is -2.46. The van der Waals surface area contributed by atoms with Crippen LogP contribution in [0, 0.1) is 11.8 Å². The molecule has 3 atom stereocenters. The maximum Gasteiger partial charge on any atom is 0.0729 e. The number of ether oxygens (including phenoxy) is 3. The van der Waals surface area contributed by atoms with E-state index in [0.717, 1.165) is 58.3 Å². The fraction of sp³-hybridized carbons (Fsp3) is 1.00. The Balaban J connectivity index is 1.65. The molecule has 3 aliphatic rings. The summed E-state index contributed by atoms with van der Waals surface area (Å²) in [5.74, 6) is 1.42. The molecule has 0 saturated carbocycles. The molecule has 0 radical (unpaired) electrons. The van der Waals surface area contributed by atoms with Gasteiger partial charge in [-0.3, -0.25) is 0 Å². The molecule has 3 heterocycles. The Morgan fingerprint density at radius 1 is 1.05 bits per heavy atom. The van der Waals surface area contributed by atoms with Crippen LogP contribution in [0.3, 0.4) is 0 Å². The minimum Gasteiger partial charge on any atom is -0.381 e. The third kappa shape index (κ3) is 3.79. The summed E-state index contributed by atoms with van der Waals surface area (Å²) in [6, 6.07) is 0.607. The smallest absolute Gasteiger partial charge is 0.0729 e. The molecule has 4 nitrogen and oxygen atoms in total. The second-order valence-electron chi connectivity index (χ2n) is 7.00. The van der Waals surface area contributed by atoms with Gasteiger partial charge in [0.2, 0.25) is 0 Å². The van der Waals surface area contributed by atoms with Crippen LogP contribution in [-0.4, -0.2) is 51.2 Å². The SMILES string of the molecule is CCCNC(C1CCOC1)C1CCOC2(CCOCC2)C1. The highest BCUT2D eigenvalue weighted by molar-refractivity contribution is 4.95. The van der Waals surface area contributed by atoms with Crippen molar-refractivity contribution in [3.63, 3.8) is 0 Å². The summed E-state index contributed by atoms with van der Waals surface area (Å²) in [6.07, 6.45) is 6.96. The van der Waals surface area contributed by atoms with Gasteiger partial charge in [-0.1, -0.05) is 6.92 Å². The number of hydrogen-bond acceptors (Lipinski definition) is 4. The van der Waals surface area contributed by atoms with E-state index in [1.807, 2.05) is 0 Å². The molecule has 4 heteroatoms. The fourth-order valence-corrected chi connectivity index (χ4v) is 4.33. The van der Waals surface area contributed by atoms with E-state index < -0.39 is 0 Å². The predicted molar refractivity (Wildman–Crippen MR) is 82.5 cm³/mol. The molecule has 3 saturated heterocycles. The Hall–Kier alpha value is -0.160. The Bertz CT molecular complexity index is 306. The van der Waals surface area contributed by atoms with Gasteiger partial charge in [-0.05, 0) is 51.0 Å². The lowest BCUT2D eigenvalue weighted by Crippen LogP contribution is -2.51. The lowest BCUT2D eigenvalue weighted by molar-refractivity contribution is -0.151. The Morgan fingerprint density at radius 3 is 2.57 bits per heavy atom. The third-order valence-corrected chi connectivity index (χ3v) is 5.55. The first kappa shape index (κ1) is 15.7. The van der Waals surface area contributed by atoms with Crippen molar-refractivity contribution < 1.29 is 14.2 Å². The van der Waals surface area contributed by atoms with E-state index in [-0.39, 0.29) is 5.60 Å². The van der Waals surface area contributed by atoms with Gasteiger partial charge in [0.25, 0.3) is 0 Å². The Labute approximate surface area is 128 Å². The van der Waals surface area contributed by atoms with E-state index in [1.165, 1.54) is 25.7 Å². The maximum atomic E-state index is 6.21. The van der Waals surface area contributed by atoms with E-state index in [9.17, 15) is 0 Å². The fourth-order valence-electron chi connectivity index (χ4n) is 4.33. The standard InChI is InChI=1S/C17H31NO3/c1-2-7-18-16(15-3-8-20-13-15)14-4-9-21-17(12-14)5-10-19-11-6-17/h14-16,18H,2-13H2,1H3. The molecule has 3 fully saturated rings. The van der Waals surface area contributed by atoms with Crippen LogP contribution in [0.1, 0.15) is 45.4 Å². The average molecular weight is 297 g/mol. The van der Waals surface area contributed by atoms with Gasteiger partial charge in [0.05, 0.1) is 12.2 Å². The van der Waals surface area contributed by atoms with Gasteiger partial charge >= 0.3 is 0 Å². The average Bonchev–Trinajstić information content (AvgIpc) is 3.03.